The van der Waals surface area contributed by atoms with Crippen LogP contribution in [-0.4, -0.2) is 69.2 Å². The molecule has 0 unspecified atom stereocenters. The van der Waals surface area contributed by atoms with Crippen molar-refractivity contribution in [2.24, 2.45) is 11.8 Å². The second-order valence-electron chi connectivity index (χ2n) is 8.32. The molecule has 1 N–H and O–H groups in total. The second-order valence-corrected chi connectivity index (χ2v) is 10.1. The quantitative estimate of drug-likeness (QED) is 0.807. The lowest BCUT2D eigenvalue weighted by Crippen LogP contribution is -2.45. The molecule has 3 aliphatic rings. The predicted octanol–water partition coefficient (Wildman–Crippen LogP) is 1.06. The number of para-hydroxylation sites is 1. The summed E-state index contributed by atoms with van der Waals surface area (Å²) < 4.78 is 32.0. The first kappa shape index (κ1) is 19.7. The van der Waals surface area contributed by atoms with Gasteiger partial charge in [-0.3, -0.25) is 9.69 Å². The van der Waals surface area contributed by atoms with Crippen LogP contribution in [0.25, 0.3) is 0 Å². The Kier molecular flexibility index (Phi) is 5.62. The van der Waals surface area contributed by atoms with Crippen LogP contribution < -0.4 is 9.46 Å². The minimum absolute atomic E-state index is 0.0509. The summed E-state index contributed by atoms with van der Waals surface area (Å²) in [5, 5.41) is 0. The second kappa shape index (κ2) is 8.00. The molecule has 1 amide bonds. The summed E-state index contributed by atoms with van der Waals surface area (Å²) >= 11 is 0. The topological polar surface area (TPSA) is 79.0 Å². The van der Waals surface area contributed by atoms with Gasteiger partial charge in [-0.2, -0.15) is 0 Å². The molecule has 1 saturated heterocycles. The molecule has 1 saturated carbocycles. The molecular formula is C20H29N3O4S. The van der Waals surface area contributed by atoms with Crippen molar-refractivity contribution in [1.82, 2.24) is 14.5 Å². The molecule has 0 spiro atoms. The molecule has 8 heteroatoms. The zero-order valence-electron chi connectivity index (χ0n) is 16.3. The fourth-order valence-corrected chi connectivity index (χ4v) is 5.75. The maximum absolute atomic E-state index is 13.0. The number of hydrogen-bond acceptors (Lipinski definition) is 5. The minimum Gasteiger partial charge on any atom is -0.492 e. The summed E-state index contributed by atoms with van der Waals surface area (Å²) in [5.41, 5.74) is 1.11. The van der Waals surface area contributed by atoms with Crippen LogP contribution in [0.4, 0.5) is 0 Å². The van der Waals surface area contributed by atoms with Gasteiger partial charge in [0.05, 0.1) is 12.8 Å². The van der Waals surface area contributed by atoms with Gasteiger partial charge in [0.2, 0.25) is 15.9 Å². The van der Waals surface area contributed by atoms with Gasteiger partial charge in [-0.25, -0.2) is 13.1 Å². The lowest BCUT2D eigenvalue weighted by Gasteiger charge is -2.32. The largest absolute Gasteiger partial charge is 0.492 e. The van der Waals surface area contributed by atoms with E-state index >= 15 is 0 Å². The summed E-state index contributed by atoms with van der Waals surface area (Å²) in [4.78, 5) is 17.1. The van der Waals surface area contributed by atoms with E-state index in [0.717, 1.165) is 43.7 Å². The Morgan fingerprint density at radius 3 is 2.89 bits per heavy atom. The average molecular weight is 408 g/mol. The number of hydrogen-bond donors (Lipinski definition) is 1. The molecule has 1 aromatic carbocycles. The van der Waals surface area contributed by atoms with Crippen LogP contribution in [0, 0.1) is 11.8 Å². The molecule has 0 bridgehead atoms. The molecule has 0 aromatic heterocycles. The molecule has 2 heterocycles. The van der Waals surface area contributed by atoms with E-state index in [-0.39, 0.29) is 17.9 Å². The maximum Gasteiger partial charge on any atom is 0.236 e. The Bertz CT molecular complexity index is 828. The van der Waals surface area contributed by atoms with Gasteiger partial charge in [0.1, 0.15) is 12.4 Å². The number of benzene rings is 1. The molecule has 1 aliphatic carbocycles. The summed E-state index contributed by atoms with van der Waals surface area (Å²) in [5.74, 6) is 1.65. The standard InChI is InChI=1S/C20H29N3O4S/c1-28(25,26)21-18-7-4-6-15-12-23(13-17(15)18)20(24)14-22-9-10-27-19-8-3-2-5-16(19)11-22/h2-3,5,8,15,17-18,21H,4,6-7,9-14H2,1H3/t15-,17+,18-/m0/s1. The van der Waals surface area contributed by atoms with Crippen molar-refractivity contribution in [2.75, 3.05) is 39.0 Å². The Labute approximate surface area is 167 Å². The third-order valence-corrected chi connectivity index (χ3v) is 6.94. The number of ether oxygens (including phenoxy) is 1. The van der Waals surface area contributed by atoms with Gasteiger partial charge in [-0.1, -0.05) is 24.6 Å². The highest BCUT2D eigenvalue weighted by atomic mass is 32.2. The fourth-order valence-electron chi connectivity index (χ4n) is 4.90. The van der Waals surface area contributed by atoms with E-state index in [1.54, 1.807) is 0 Å². The van der Waals surface area contributed by atoms with Crippen molar-refractivity contribution < 1.29 is 17.9 Å². The molecule has 2 fully saturated rings. The molecule has 2 aliphatic heterocycles. The van der Waals surface area contributed by atoms with Crippen molar-refractivity contribution in [1.29, 1.82) is 0 Å². The normalized spacial score (nSPS) is 28.2. The van der Waals surface area contributed by atoms with E-state index in [0.29, 0.717) is 32.2 Å². The Morgan fingerprint density at radius 1 is 1.25 bits per heavy atom. The van der Waals surface area contributed by atoms with E-state index in [1.165, 1.54) is 6.26 Å². The lowest BCUT2D eigenvalue weighted by molar-refractivity contribution is -0.131. The first-order valence-corrected chi connectivity index (χ1v) is 12.0. The molecule has 7 nitrogen and oxygen atoms in total. The molecule has 1 aromatic rings. The van der Waals surface area contributed by atoms with Crippen LogP contribution in [0.1, 0.15) is 24.8 Å². The smallest absolute Gasteiger partial charge is 0.236 e. The van der Waals surface area contributed by atoms with E-state index in [2.05, 4.69) is 9.62 Å². The van der Waals surface area contributed by atoms with Crippen LogP contribution in [0.2, 0.25) is 0 Å². The maximum atomic E-state index is 13.0. The van der Waals surface area contributed by atoms with Crippen LogP contribution in [-0.2, 0) is 21.4 Å². The van der Waals surface area contributed by atoms with E-state index in [4.69, 9.17) is 4.74 Å². The minimum atomic E-state index is -3.23. The van der Waals surface area contributed by atoms with Crippen molar-refractivity contribution in [2.45, 2.75) is 31.8 Å². The third kappa shape index (κ3) is 4.50. The molecule has 28 heavy (non-hydrogen) atoms. The number of likely N-dealkylation sites (tertiary alicyclic amines) is 1. The van der Waals surface area contributed by atoms with Gasteiger partial charge in [0.15, 0.2) is 0 Å². The van der Waals surface area contributed by atoms with Crippen molar-refractivity contribution in [3.63, 3.8) is 0 Å². The van der Waals surface area contributed by atoms with E-state index in [1.807, 2.05) is 29.2 Å². The Hall–Kier alpha value is -1.64. The van der Waals surface area contributed by atoms with Crippen LogP contribution in [0.5, 0.6) is 5.75 Å². The first-order chi connectivity index (χ1) is 13.4. The van der Waals surface area contributed by atoms with Crippen molar-refractivity contribution in [3.8, 4) is 5.75 Å². The van der Waals surface area contributed by atoms with Gasteiger partial charge in [-0.05, 0) is 30.7 Å². The fraction of sp³-hybridized carbons (Fsp3) is 0.650. The Morgan fingerprint density at radius 2 is 2.07 bits per heavy atom. The lowest BCUT2D eigenvalue weighted by atomic mass is 9.78. The number of fused-ring (bicyclic) bond motifs is 2. The number of rotatable bonds is 4. The highest BCUT2D eigenvalue weighted by molar-refractivity contribution is 7.88. The highest BCUT2D eigenvalue weighted by Gasteiger charge is 2.42. The van der Waals surface area contributed by atoms with Crippen molar-refractivity contribution in [3.05, 3.63) is 29.8 Å². The number of nitrogens with zero attached hydrogens (tertiary/aromatic N) is 2. The van der Waals surface area contributed by atoms with Gasteiger partial charge in [0, 0.05) is 37.8 Å². The monoisotopic (exact) mass is 407 g/mol. The Balaban J connectivity index is 1.38. The van der Waals surface area contributed by atoms with E-state index < -0.39 is 10.0 Å². The number of carbonyl (C=O) groups excluding carboxylic acids is 1. The highest BCUT2D eigenvalue weighted by Crippen LogP contribution is 2.36. The zero-order chi connectivity index (χ0) is 19.7. The molecule has 0 radical (unpaired) electrons. The average Bonchev–Trinajstić information content (AvgIpc) is 2.97. The van der Waals surface area contributed by atoms with Gasteiger partial charge in [0.25, 0.3) is 0 Å². The molecule has 4 rings (SSSR count). The number of carbonyl (C=O) groups is 1. The predicted molar refractivity (Wildman–Crippen MR) is 106 cm³/mol. The summed E-state index contributed by atoms with van der Waals surface area (Å²) in [7, 11) is -3.23. The summed E-state index contributed by atoms with van der Waals surface area (Å²) in [6.45, 7) is 3.78. The molecular weight excluding hydrogens is 378 g/mol. The zero-order valence-corrected chi connectivity index (χ0v) is 17.2. The number of amides is 1. The number of sulfonamides is 1. The third-order valence-electron chi connectivity index (χ3n) is 6.21. The molecule has 154 valence electrons. The van der Waals surface area contributed by atoms with Crippen LogP contribution in [0.3, 0.4) is 0 Å². The van der Waals surface area contributed by atoms with Crippen LogP contribution in [0.15, 0.2) is 24.3 Å². The van der Waals surface area contributed by atoms with Gasteiger partial charge >= 0.3 is 0 Å². The summed E-state index contributed by atoms with van der Waals surface area (Å²) in [6, 6.07) is 7.93. The van der Waals surface area contributed by atoms with Gasteiger partial charge < -0.3 is 9.64 Å². The van der Waals surface area contributed by atoms with E-state index in [9.17, 15) is 13.2 Å². The SMILES string of the molecule is CS(=O)(=O)N[C@H]1CCC[C@H]2CN(C(=O)CN3CCOc4ccccc4C3)C[C@H]21. The van der Waals surface area contributed by atoms with Crippen LogP contribution >= 0.6 is 0 Å². The van der Waals surface area contributed by atoms with Gasteiger partial charge in [-0.15, -0.1) is 0 Å². The molecule has 3 atom stereocenters. The summed E-state index contributed by atoms with van der Waals surface area (Å²) in [6.07, 6.45) is 4.15. The van der Waals surface area contributed by atoms with Crippen molar-refractivity contribution >= 4 is 15.9 Å². The number of nitrogens with one attached hydrogen (secondary N) is 1. The first-order valence-electron chi connectivity index (χ1n) is 10.1.